The van der Waals surface area contributed by atoms with E-state index in [4.69, 9.17) is 0 Å². The van der Waals surface area contributed by atoms with Gasteiger partial charge in [0.15, 0.2) is 0 Å². The average Bonchev–Trinajstić information content (AvgIpc) is 3.26. The SMILES string of the molecule is c1csc(-c2[nH]ncc2CNCC2CCCc3ccccc32)c1. The first-order chi connectivity index (χ1) is 11.4. The van der Waals surface area contributed by atoms with E-state index < -0.39 is 0 Å². The number of hydrogen-bond donors (Lipinski definition) is 2. The normalized spacial score (nSPS) is 17.1. The minimum atomic E-state index is 0.636. The van der Waals surface area contributed by atoms with Crippen LogP contribution in [-0.4, -0.2) is 16.7 Å². The summed E-state index contributed by atoms with van der Waals surface area (Å²) in [5.74, 6) is 0.636. The van der Waals surface area contributed by atoms with Gasteiger partial charge < -0.3 is 5.32 Å². The molecule has 4 rings (SSSR count). The summed E-state index contributed by atoms with van der Waals surface area (Å²) < 4.78 is 0. The molecule has 118 valence electrons. The highest BCUT2D eigenvalue weighted by molar-refractivity contribution is 7.13. The summed E-state index contributed by atoms with van der Waals surface area (Å²) in [6.45, 7) is 1.90. The van der Waals surface area contributed by atoms with Crippen molar-refractivity contribution in [1.29, 1.82) is 0 Å². The standard InChI is InChI=1S/C19H21N3S/c1-2-8-17-14(5-1)6-3-7-15(17)11-20-12-16-13-21-22-19(16)18-9-4-10-23-18/h1-2,4-5,8-10,13,15,20H,3,6-7,11-12H2,(H,21,22). The molecule has 1 atom stereocenters. The Balaban J connectivity index is 1.41. The lowest BCUT2D eigenvalue weighted by Gasteiger charge is -2.25. The molecule has 1 aliphatic rings. The van der Waals surface area contributed by atoms with Gasteiger partial charge in [-0.3, -0.25) is 5.10 Å². The number of H-pyrrole nitrogens is 1. The first-order valence-corrected chi connectivity index (χ1v) is 9.14. The zero-order valence-corrected chi connectivity index (χ0v) is 13.9. The van der Waals surface area contributed by atoms with Crippen LogP contribution in [0.1, 0.15) is 35.4 Å². The second-order valence-corrected chi connectivity index (χ2v) is 7.11. The minimum absolute atomic E-state index is 0.636. The first-order valence-electron chi connectivity index (χ1n) is 8.26. The van der Waals surface area contributed by atoms with Gasteiger partial charge in [-0.05, 0) is 47.8 Å². The maximum absolute atomic E-state index is 4.22. The molecule has 0 radical (unpaired) electrons. The van der Waals surface area contributed by atoms with Gasteiger partial charge in [0.05, 0.1) is 16.8 Å². The Morgan fingerprint density at radius 1 is 1.22 bits per heavy atom. The maximum atomic E-state index is 4.22. The number of hydrogen-bond acceptors (Lipinski definition) is 3. The Kier molecular flexibility index (Phi) is 4.26. The topological polar surface area (TPSA) is 40.7 Å². The van der Waals surface area contributed by atoms with Crippen LogP contribution < -0.4 is 5.32 Å². The molecule has 1 aromatic carbocycles. The predicted octanol–water partition coefficient (Wildman–Crippen LogP) is 4.35. The average molecular weight is 323 g/mol. The van der Waals surface area contributed by atoms with Crippen LogP contribution in [0.5, 0.6) is 0 Å². The van der Waals surface area contributed by atoms with Gasteiger partial charge in [-0.25, -0.2) is 0 Å². The van der Waals surface area contributed by atoms with E-state index in [9.17, 15) is 0 Å². The molecule has 23 heavy (non-hydrogen) atoms. The van der Waals surface area contributed by atoms with Crippen molar-refractivity contribution in [1.82, 2.24) is 15.5 Å². The van der Waals surface area contributed by atoms with E-state index in [0.29, 0.717) is 5.92 Å². The quantitative estimate of drug-likeness (QED) is 0.733. The summed E-state index contributed by atoms with van der Waals surface area (Å²) in [4.78, 5) is 1.25. The molecule has 0 amide bonds. The van der Waals surface area contributed by atoms with Crippen LogP contribution in [0.15, 0.2) is 48.0 Å². The van der Waals surface area contributed by atoms with Crippen molar-refractivity contribution >= 4 is 11.3 Å². The summed E-state index contributed by atoms with van der Waals surface area (Å²) in [7, 11) is 0. The molecule has 3 nitrogen and oxygen atoms in total. The molecule has 0 fully saturated rings. The lowest BCUT2D eigenvalue weighted by atomic mass is 9.83. The van der Waals surface area contributed by atoms with E-state index >= 15 is 0 Å². The second-order valence-electron chi connectivity index (χ2n) is 6.17. The summed E-state index contributed by atoms with van der Waals surface area (Å²) in [5.41, 5.74) is 5.47. The number of thiophene rings is 1. The number of aryl methyl sites for hydroxylation is 1. The van der Waals surface area contributed by atoms with Crippen molar-refractivity contribution in [2.24, 2.45) is 0 Å². The molecular formula is C19H21N3S. The van der Waals surface area contributed by atoms with Gasteiger partial charge in [0.1, 0.15) is 0 Å². The fraction of sp³-hybridized carbons (Fsp3) is 0.316. The van der Waals surface area contributed by atoms with E-state index in [-0.39, 0.29) is 0 Å². The minimum Gasteiger partial charge on any atom is -0.312 e. The van der Waals surface area contributed by atoms with Gasteiger partial charge in [-0.2, -0.15) is 5.10 Å². The molecule has 2 aromatic heterocycles. The van der Waals surface area contributed by atoms with Crippen LogP contribution in [-0.2, 0) is 13.0 Å². The van der Waals surface area contributed by atoms with Crippen molar-refractivity contribution in [3.05, 3.63) is 64.7 Å². The van der Waals surface area contributed by atoms with Crippen molar-refractivity contribution in [3.63, 3.8) is 0 Å². The number of fused-ring (bicyclic) bond motifs is 1. The smallest absolute Gasteiger partial charge is 0.0794 e. The van der Waals surface area contributed by atoms with Gasteiger partial charge in [0.25, 0.3) is 0 Å². The van der Waals surface area contributed by atoms with Gasteiger partial charge in [0, 0.05) is 18.7 Å². The largest absolute Gasteiger partial charge is 0.312 e. The first kappa shape index (κ1) is 14.7. The van der Waals surface area contributed by atoms with E-state index in [0.717, 1.165) is 18.8 Å². The summed E-state index contributed by atoms with van der Waals surface area (Å²) in [6, 6.07) is 13.1. The molecule has 0 saturated heterocycles. The van der Waals surface area contributed by atoms with Crippen molar-refractivity contribution in [2.45, 2.75) is 31.7 Å². The monoisotopic (exact) mass is 323 g/mol. The summed E-state index contributed by atoms with van der Waals surface area (Å²) in [5, 5.41) is 13.1. The van der Waals surface area contributed by atoms with Crippen LogP contribution in [0.2, 0.25) is 0 Å². The zero-order valence-electron chi connectivity index (χ0n) is 13.1. The van der Waals surface area contributed by atoms with E-state index in [2.05, 4.69) is 57.3 Å². The Hall–Kier alpha value is -1.91. The fourth-order valence-corrected chi connectivity index (χ4v) is 4.28. The molecule has 0 saturated carbocycles. The van der Waals surface area contributed by atoms with Crippen LogP contribution in [0, 0.1) is 0 Å². The Morgan fingerprint density at radius 3 is 3.09 bits per heavy atom. The maximum Gasteiger partial charge on any atom is 0.0794 e. The highest BCUT2D eigenvalue weighted by atomic mass is 32.1. The lowest BCUT2D eigenvalue weighted by Crippen LogP contribution is -2.24. The van der Waals surface area contributed by atoms with Gasteiger partial charge >= 0.3 is 0 Å². The highest BCUT2D eigenvalue weighted by Crippen LogP contribution is 2.31. The van der Waals surface area contributed by atoms with E-state index in [1.54, 1.807) is 11.3 Å². The molecule has 1 aliphatic carbocycles. The molecular weight excluding hydrogens is 302 g/mol. The molecule has 4 heteroatoms. The third kappa shape index (κ3) is 3.09. The second kappa shape index (κ2) is 6.69. The lowest BCUT2D eigenvalue weighted by molar-refractivity contribution is 0.507. The van der Waals surface area contributed by atoms with Gasteiger partial charge in [-0.1, -0.05) is 30.3 Å². The molecule has 1 unspecified atom stereocenters. The number of rotatable bonds is 5. The number of nitrogens with one attached hydrogen (secondary N) is 2. The van der Waals surface area contributed by atoms with Crippen LogP contribution >= 0.6 is 11.3 Å². The fourth-order valence-electron chi connectivity index (χ4n) is 3.53. The van der Waals surface area contributed by atoms with E-state index in [1.165, 1.54) is 40.8 Å². The Bertz CT molecular complexity index is 761. The van der Waals surface area contributed by atoms with Crippen LogP contribution in [0.25, 0.3) is 10.6 Å². The van der Waals surface area contributed by atoms with Crippen molar-refractivity contribution in [3.8, 4) is 10.6 Å². The molecule has 3 aromatic rings. The summed E-state index contributed by atoms with van der Waals surface area (Å²) in [6.07, 6.45) is 5.76. The van der Waals surface area contributed by atoms with Gasteiger partial charge in [-0.15, -0.1) is 11.3 Å². The highest BCUT2D eigenvalue weighted by Gasteiger charge is 2.19. The molecule has 2 heterocycles. The van der Waals surface area contributed by atoms with Crippen LogP contribution in [0.4, 0.5) is 0 Å². The number of aromatic amines is 1. The number of nitrogens with zero attached hydrogens (tertiary/aromatic N) is 1. The number of benzene rings is 1. The molecule has 0 aliphatic heterocycles. The molecule has 2 N–H and O–H groups in total. The number of aromatic nitrogens is 2. The Labute approximate surface area is 140 Å². The molecule has 0 bridgehead atoms. The van der Waals surface area contributed by atoms with Gasteiger partial charge in [0.2, 0.25) is 0 Å². The predicted molar refractivity (Wildman–Crippen MR) is 95.7 cm³/mol. The summed E-state index contributed by atoms with van der Waals surface area (Å²) >= 11 is 1.75. The third-order valence-electron chi connectivity index (χ3n) is 4.69. The molecule has 0 spiro atoms. The van der Waals surface area contributed by atoms with Crippen molar-refractivity contribution in [2.75, 3.05) is 6.54 Å². The van der Waals surface area contributed by atoms with Crippen LogP contribution in [0.3, 0.4) is 0 Å². The van der Waals surface area contributed by atoms with E-state index in [1.807, 2.05) is 6.20 Å². The third-order valence-corrected chi connectivity index (χ3v) is 5.57. The Morgan fingerprint density at radius 2 is 2.17 bits per heavy atom. The van der Waals surface area contributed by atoms with Crippen molar-refractivity contribution < 1.29 is 0 Å². The zero-order chi connectivity index (χ0) is 15.5.